The quantitative estimate of drug-likeness (QED) is 0.739. The van der Waals surface area contributed by atoms with Crippen molar-refractivity contribution in [2.75, 3.05) is 11.4 Å². The van der Waals surface area contributed by atoms with E-state index in [0.717, 1.165) is 5.56 Å². The number of carbonyl (C=O) groups excluding carboxylic acids is 1. The highest BCUT2D eigenvalue weighted by Gasteiger charge is 2.26. The van der Waals surface area contributed by atoms with Crippen LogP contribution in [0.25, 0.3) is 0 Å². The van der Waals surface area contributed by atoms with Gasteiger partial charge in [-0.25, -0.2) is 4.39 Å². The number of hydrogen-bond donors (Lipinski definition) is 2. The van der Waals surface area contributed by atoms with Gasteiger partial charge in [0.05, 0.1) is 5.69 Å². The Kier molecular flexibility index (Phi) is 2.78. The van der Waals surface area contributed by atoms with E-state index in [9.17, 15) is 14.3 Å². The van der Waals surface area contributed by atoms with Crippen molar-refractivity contribution in [3.63, 3.8) is 0 Å². The number of nitrogens with one attached hydrogen (secondary N) is 1. The van der Waals surface area contributed by atoms with Crippen LogP contribution in [0.15, 0.2) is 18.2 Å². The normalized spacial score (nSPS) is 20.8. The van der Waals surface area contributed by atoms with E-state index < -0.39 is 12.2 Å². The Balaban J connectivity index is 2.29. The molecule has 1 aromatic carbocycles. The molecule has 1 fully saturated rings. The molecule has 1 heterocycles. The second kappa shape index (κ2) is 4.09. The summed E-state index contributed by atoms with van der Waals surface area (Å²) in [5.74, 6) is -0.627. The van der Waals surface area contributed by atoms with E-state index in [1.807, 2.05) is 6.92 Å². The molecular formula is C11H13FN2O2. The van der Waals surface area contributed by atoms with E-state index >= 15 is 0 Å². The summed E-state index contributed by atoms with van der Waals surface area (Å²) in [6.45, 7) is 2.16. The maximum Gasteiger partial charge on any atom is 0.225 e. The maximum atomic E-state index is 13.6. The lowest BCUT2D eigenvalue weighted by Crippen LogP contribution is -2.54. The van der Waals surface area contributed by atoms with Gasteiger partial charge in [0.15, 0.2) is 0 Å². The minimum absolute atomic E-state index is 0.225. The molecule has 1 amide bonds. The van der Waals surface area contributed by atoms with Crippen molar-refractivity contribution in [2.45, 2.75) is 19.7 Å². The lowest BCUT2D eigenvalue weighted by Gasteiger charge is -2.34. The Hall–Kier alpha value is -1.62. The maximum absolute atomic E-state index is 13.6. The predicted octanol–water partition coefficient (Wildman–Crippen LogP) is 0.736. The third kappa shape index (κ3) is 1.99. The van der Waals surface area contributed by atoms with Gasteiger partial charge >= 0.3 is 0 Å². The van der Waals surface area contributed by atoms with Crippen molar-refractivity contribution in [3.05, 3.63) is 29.6 Å². The molecule has 1 unspecified atom stereocenters. The molecule has 2 N–H and O–H groups in total. The summed E-state index contributed by atoms with van der Waals surface area (Å²) in [4.78, 5) is 12.4. The zero-order valence-electron chi connectivity index (χ0n) is 8.90. The number of nitrogens with zero attached hydrogens (tertiary/aromatic N) is 1. The number of aliphatic hydroxyl groups is 1. The smallest absolute Gasteiger partial charge is 0.225 e. The van der Waals surface area contributed by atoms with Gasteiger partial charge in [0.25, 0.3) is 0 Å². The highest BCUT2D eigenvalue weighted by molar-refractivity contribution is 5.78. The lowest BCUT2D eigenvalue weighted by molar-refractivity contribution is -0.125. The van der Waals surface area contributed by atoms with Crippen LogP contribution in [0, 0.1) is 12.7 Å². The molecule has 5 heteroatoms. The summed E-state index contributed by atoms with van der Waals surface area (Å²) < 4.78 is 13.6. The minimum atomic E-state index is -1.16. The van der Waals surface area contributed by atoms with Crippen LogP contribution in [0.1, 0.15) is 12.0 Å². The Labute approximate surface area is 92.7 Å². The molecule has 0 saturated carbocycles. The first-order chi connectivity index (χ1) is 7.58. The van der Waals surface area contributed by atoms with E-state index in [1.165, 1.54) is 11.0 Å². The molecule has 0 aromatic heterocycles. The zero-order chi connectivity index (χ0) is 11.7. The Bertz CT molecular complexity index is 422. The molecule has 0 aliphatic carbocycles. The molecule has 4 nitrogen and oxygen atoms in total. The average molecular weight is 224 g/mol. The van der Waals surface area contributed by atoms with Crippen LogP contribution >= 0.6 is 0 Å². The van der Waals surface area contributed by atoms with Gasteiger partial charge in [0.2, 0.25) is 12.3 Å². The first-order valence-electron chi connectivity index (χ1n) is 5.08. The van der Waals surface area contributed by atoms with Gasteiger partial charge in [-0.05, 0) is 24.6 Å². The number of benzene rings is 1. The van der Waals surface area contributed by atoms with E-state index in [0.29, 0.717) is 12.2 Å². The molecule has 16 heavy (non-hydrogen) atoms. The topological polar surface area (TPSA) is 52.6 Å². The van der Waals surface area contributed by atoms with Gasteiger partial charge in [-0.1, -0.05) is 6.07 Å². The van der Waals surface area contributed by atoms with Crippen molar-refractivity contribution < 1.29 is 14.3 Å². The fraction of sp³-hybridized carbons (Fsp3) is 0.364. The van der Waals surface area contributed by atoms with Crippen LogP contribution in [-0.4, -0.2) is 23.9 Å². The average Bonchev–Trinajstić information content (AvgIpc) is 2.22. The van der Waals surface area contributed by atoms with Crippen molar-refractivity contribution in [2.24, 2.45) is 0 Å². The minimum Gasteiger partial charge on any atom is -0.356 e. The van der Waals surface area contributed by atoms with Crippen LogP contribution in [0.3, 0.4) is 0 Å². The number of amides is 1. The van der Waals surface area contributed by atoms with Gasteiger partial charge in [0.1, 0.15) is 5.82 Å². The number of hydrogen-bond acceptors (Lipinski definition) is 3. The van der Waals surface area contributed by atoms with Gasteiger partial charge in [0, 0.05) is 13.0 Å². The van der Waals surface area contributed by atoms with E-state index in [-0.39, 0.29) is 12.3 Å². The summed E-state index contributed by atoms with van der Waals surface area (Å²) in [5, 5.41) is 12.0. The molecule has 1 aromatic rings. The Morgan fingerprint density at radius 2 is 2.31 bits per heavy atom. The molecule has 1 aliphatic heterocycles. The van der Waals surface area contributed by atoms with Gasteiger partial charge in [-0.3, -0.25) is 4.79 Å². The summed E-state index contributed by atoms with van der Waals surface area (Å²) in [6.07, 6.45) is -0.901. The van der Waals surface area contributed by atoms with Crippen LogP contribution in [0.2, 0.25) is 0 Å². The fourth-order valence-corrected chi connectivity index (χ4v) is 1.73. The third-order valence-electron chi connectivity index (χ3n) is 2.58. The lowest BCUT2D eigenvalue weighted by atomic mass is 10.2. The van der Waals surface area contributed by atoms with E-state index in [1.54, 1.807) is 12.1 Å². The van der Waals surface area contributed by atoms with Crippen LogP contribution < -0.4 is 10.2 Å². The highest BCUT2D eigenvalue weighted by Crippen LogP contribution is 2.23. The summed E-state index contributed by atoms with van der Waals surface area (Å²) >= 11 is 0. The summed E-state index contributed by atoms with van der Waals surface area (Å²) in [6, 6.07) is 4.66. The molecule has 0 spiro atoms. The molecule has 0 radical (unpaired) electrons. The molecule has 86 valence electrons. The van der Waals surface area contributed by atoms with Crippen molar-refractivity contribution in [1.82, 2.24) is 5.32 Å². The molecule has 0 bridgehead atoms. The first kappa shape index (κ1) is 10.9. The highest BCUT2D eigenvalue weighted by atomic mass is 19.1. The summed E-state index contributed by atoms with van der Waals surface area (Å²) in [7, 11) is 0. The predicted molar refractivity (Wildman–Crippen MR) is 57.2 cm³/mol. The van der Waals surface area contributed by atoms with Crippen LogP contribution in [-0.2, 0) is 4.79 Å². The second-order valence-corrected chi connectivity index (χ2v) is 3.84. The first-order valence-corrected chi connectivity index (χ1v) is 5.08. The molecule has 2 rings (SSSR count). The number of anilines is 1. The number of rotatable bonds is 1. The number of aliphatic hydroxyl groups excluding tert-OH is 1. The van der Waals surface area contributed by atoms with Gasteiger partial charge in [-0.2, -0.15) is 0 Å². The van der Waals surface area contributed by atoms with Gasteiger partial charge in [-0.15, -0.1) is 0 Å². The van der Waals surface area contributed by atoms with Crippen LogP contribution in [0.5, 0.6) is 0 Å². The molecule has 1 aliphatic rings. The largest absolute Gasteiger partial charge is 0.356 e. The molecule has 1 saturated heterocycles. The SMILES string of the molecule is Cc1ccc(F)c(N2CCC(=O)NC2O)c1. The van der Waals surface area contributed by atoms with Gasteiger partial charge < -0.3 is 15.3 Å². The fourth-order valence-electron chi connectivity index (χ4n) is 1.73. The monoisotopic (exact) mass is 224 g/mol. The van der Waals surface area contributed by atoms with E-state index in [2.05, 4.69) is 5.32 Å². The Morgan fingerprint density at radius 3 is 3.00 bits per heavy atom. The second-order valence-electron chi connectivity index (χ2n) is 3.84. The molecular weight excluding hydrogens is 211 g/mol. The van der Waals surface area contributed by atoms with Crippen molar-refractivity contribution >= 4 is 11.6 Å². The van der Waals surface area contributed by atoms with Crippen LogP contribution in [0.4, 0.5) is 10.1 Å². The third-order valence-corrected chi connectivity index (χ3v) is 2.58. The van der Waals surface area contributed by atoms with Crippen molar-refractivity contribution in [1.29, 1.82) is 0 Å². The van der Waals surface area contributed by atoms with Crippen molar-refractivity contribution in [3.8, 4) is 0 Å². The van der Waals surface area contributed by atoms with E-state index in [4.69, 9.17) is 0 Å². The standard InChI is InChI=1S/C11H13FN2O2/c1-7-2-3-8(12)9(6-7)14-5-4-10(15)13-11(14)16/h2-3,6,11,16H,4-5H2,1H3,(H,13,15). The molecule has 1 atom stereocenters. The number of aryl methyl sites for hydroxylation is 1. The Morgan fingerprint density at radius 1 is 1.56 bits per heavy atom. The summed E-state index contributed by atoms with van der Waals surface area (Å²) in [5.41, 5.74) is 1.22. The zero-order valence-corrected chi connectivity index (χ0v) is 8.90. The number of carbonyl (C=O) groups is 1. The number of halogens is 1.